The van der Waals surface area contributed by atoms with Crippen LogP contribution in [0.3, 0.4) is 0 Å². The first-order valence-electron chi connectivity index (χ1n) is 9.60. The van der Waals surface area contributed by atoms with E-state index in [2.05, 4.69) is 5.32 Å². The third kappa shape index (κ3) is 7.06. The Balaban J connectivity index is 1.38. The molecule has 1 N–H and O–H groups in total. The molecule has 30 heavy (non-hydrogen) atoms. The number of ether oxygens (including phenoxy) is 2. The van der Waals surface area contributed by atoms with E-state index >= 15 is 0 Å². The summed E-state index contributed by atoms with van der Waals surface area (Å²) < 4.78 is 10.6. The summed E-state index contributed by atoms with van der Waals surface area (Å²) in [6.07, 6.45) is -0.515. The number of ketones is 1. The van der Waals surface area contributed by atoms with Gasteiger partial charge in [-0.25, -0.2) is 4.79 Å². The van der Waals surface area contributed by atoms with Crippen molar-refractivity contribution >= 4 is 23.6 Å². The maximum Gasteiger partial charge on any atom is 0.407 e. The maximum absolute atomic E-state index is 12.6. The minimum absolute atomic E-state index is 0.0485. The highest BCUT2D eigenvalue weighted by molar-refractivity contribution is 7.99. The normalized spacial score (nSPS) is 10.4. The molecule has 0 unspecified atom stereocenters. The van der Waals surface area contributed by atoms with Crippen LogP contribution in [0.4, 0.5) is 4.79 Å². The van der Waals surface area contributed by atoms with Crippen molar-refractivity contribution in [2.24, 2.45) is 0 Å². The zero-order valence-electron chi connectivity index (χ0n) is 16.5. The highest BCUT2D eigenvalue weighted by atomic mass is 32.2. The van der Waals surface area contributed by atoms with Crippen LogP contribution in [-0.2, 0) is 16.1 Å². The molecule has 0 saturated heterocycles. The van der Waals surface area contributed by atoms with E-state index in [1.54, 1.807) is 17.8 Å². The molecule has 0 aliphatic rings. The molecule has 0 fully saturated rings. The van der Waals surface area contributed by atoms with Crippen molar-refractivity contribution in [1.29, 1.82) is 0 Å². The molecule has 0 aromatic heterocycles. The summed E-state index contributed by atoms with van der Waals surface area (Å²) in [5.74, 6) is -0.0966. The van der Waals surface area contributed by atoms with Crippen LogP contribution < -0.4 is 5.32 Å². The van der Waals surface area contributed by atoms with Crippen molar-refractivity contribution in [3.8, 4) is 0 Å². The number of hydrogen-bond acceptors (Lipinski definition) is 5. The van der Waals surface area contributed by atoms with Gasteiger partial charge in [-0.1, -0.05) is 78.5 Å². The standard InChI is InChI=1S/C24H23NO4S/c26-22(21-13-7-8-14-23(21)30-20-11-5-2-6-12-20)18-28-16-15-25-24(27)29-17-19-9-3-1-4-10-19/h1-14H,15-18H2,(H,25,27). The average Bonchev–Trinajstić information content (AvgIpc) is 2.79. The lowest BCUT2D eigenvalue weighted by Gasteiger charge is -2.10. The average molecular weight is 422 g/mol. The zero-order valence-corrected chi connectivity index (χ0v) is 17.3. The molecule has 0 radical (unpaired) electrons. The molecule has 3 aromatic carbocycles. The third-order valence-electron chi connectivity index (χ3n) is 4.12. The Morgan fingerprint density at radius 1 is 0.833 bits per heavy atom. The highest BCUT2D eigenvalue weighted by Gasteiger charge is 2.12. The molecule has 0 saturated carbocycles. The molecule has 5 nitrogen and oxygen atoms in total. The molecular formula is C24H23NO4S. The van der Waals surface area contributed by atoms with Crippen LogP contribution >= 0.6 is 11.8 Å². The van der Waals surface area contributed by atoms with E-state index in [1.807, 2.05) is 78.9 Å². The van der Waals surface area contributed by atoms with E-state index in [9.17, 15) is 9.59 Å². The van der Waals surface area contributed by atoms with Crippen molar-refractivity contribution in [3.63, 3.8) is 0 Å². The van der Waals surface area contributed by atoms with Crippen LogP contribution in [0.5, 0.6) is 0 Å². The van der Waals surface area contributed by atoms with Gasteiger partial charge in [0.1, 0.15) is 13.2 Å². The second kappa shape index (κ2) is 11.8. The molecule has 0 atom stereocenters. The number of hydrogen-bond donors (Lipinski definition) is 1. The Bertz CT molecular complexity index is 948. The van der Waals surface area contributed by atoms with Crippen molar-refractivity contribution in [3.05, 3.63) is 96.1 Å². The van der Waals surface area contributed by atoms with E-state index in [0.717, 1.165) is 15.4 Å². The van der Waals surface area contributed by atoms with Crippen LogP contribution in [0.1, 0.15) is 15.9 Å². The first-order chi connectivity index (χ1) is 14.7. The van der Waals surface area contributed by atoms with Gasteiger partial charge in [0.15, 0.2) is 5.78 Å². The Kier molecular flexibility index (Phi) is 8.50. The van der Waals surface area contributed by atoms with E-state index < -0.39 is 6.09 Å². The lowest BCUT2D eigenvalue weighted by atomic mass is 10.1. The van der Waals surface area contributed by atoms with Gasteiger partial charge in [-0.15, -0.1) is 0 Å². The van der Waals surface area contributed by atoms with Gasteiger partial charge < -0.3 is 14.8 Å². The fourth-order valence-corrected chi connectivity index (χ4v) is 3.63. The Morgan fingerprint density at radius 2 is 1.50 bits per heavy atom. The Morgan fingerprint density at radius 3 is 2.27 bits per heavy atom. The number of Topliss-reactive ketones (excluding diaryl/α,β-unsaturated/α-hetero) is 1. The maximum atomic E-state index is 12.6. The summed E-state index contributed by atoms with van der Waals surface area (Å²) in [5.41, 5.74) is 1.54. The summed E-state index contributed by atoms with van der Waals surface area (Å²) in [6, 6.07) is 26.8. The second-order valence-corrected chi connectivity index (χ2v) is 7.49. The fraction of sp³-hybridized carbons (Fsp3) is 0.167. The molecule has 6 heteroatoms. The van der Waals surface area contributed by atoms with Gasteiger partial charge >= 0.3 is 6.09 Å². The Labute approximate surface area is 180 Å². The number of benzene rings is 3. The number of alkyl carbamates (subject to hydrolysis) is 1. The highest BCUT2D eigenvalue weighted by Crippen LogP contribution is 2.30. The monoisotopic (exact) mass is 421 g/mol. The minimum atomic E-state index is -0.515. The van der Waals surface area contributed by atoms with Gasteiger partial charge in [-0.2, -0.15) is 0 Å². The predicted molar refractivity (Wildman–Crippen MR) is 117 cm³/mol. The van der Waals surface area contributed by atoms with Gasteiger partial charge in [0, 0.05) is 21.9 Å². The lowest BCUT2D eigenvalue weighted by Crippen LogP contribution is -2.28. The minimum Gasteiger partial charge on any atom is -0.445 e. The summed E-state index contributed by atoms with van der Waals surface area (Å²) in [6.45, 7) is 0.649. The van der Waals surface area contributed by atoms with Crippen LogP contribution in [0.25, 0.3) is 0 Å². The van der Waals surface area contributed by atoms with Crippen molar-refractivity contribution < 1.29 is 19.1 Å². The number of amides is 1. The van der Waals surface area contributed by atoms with E-state index in [-0.39, 0.29) is 32.1 Å². The lowest BCUT2D eigenvalue weighted by molar-refractivity contribution is 0.0756. The van der Waals surface area contributed by atoms with Crippen LogP contribution in [-0.4, -0.2) is 31.6 Å². The molecule has 0 heterocycles. The van der Waals surface area contributed by atoms with Gasteiger partial charge in [0.25, 0.3) is 0 Å². The molecule has 1 amide bonds. The fourth-order valence-electron chi connectivity index (χ4n) is 2.64. The second-order valence-electron chi connectivity index (χ2n) is 6.38. The van der Waals surface area contributed by atoms with Crippen LogP contribution in [0.15, 0.2) is 94.7 Å². The quantitative estimate of drug-likeness (QED) is 0.370. The van der Waals surface area contributed by atoms with Crippen molar-refractivity contribution in [2.75, 3.05) is 19.8 Å². The predicted octanol–water partition coefficient (Wildman–Crippen LogP) is 4.96. The SMILES string of the molecule is O=C(NCCOCC(=O)c1ccccc1Sc1ccccc1)OCc1ccccc1. The summed E-state index contributed by atoms with van der Waals surface area (Å²) in [7, 11) is 0. The molecule has 3 rings (SSSR count). The molecule has 3 aromatic rings. The summed E-state index contributed by atoms with van der Waals surface area (Å²) in [4.78, 5) is 26.2. The molecule has 154 valence electrons. The van der Waals surface area contributed by atoms with Crippen molar-refractivity contribution in [1.82, 2.24) is 5.32 Å². The molecule has 0 aliphatic heterocycles. The van der Waals surface area contributed by atoms with E-state index in [4.69, 9.17) is 9.47 Å². The smallest absolute Gasteiger partial charge is 0.407 e. The third-order valence-corrected chi connectivity index (χ3v) is 5.20. The summed E-state index contributed by atoms with van der Waals surface area (Å²) in [5, 5.41) is 2.61. The van der Waals surface area contributed by atoms with E-state index in [1.165, 1.54) is 0 Å². The summed E-state index contributed by atoms with van der Waals surface area (Å²) >= 11 is 1.54. The number of carbonyl (C=O) groups is 2. The largest absolute Gasteiger partial charge is 0.445 e. The topological polar surface area (TPSA) is 64.6 Å². The first kappa shape index (κ1) is 21.6. The first-order valence-corrected chi connectivity index (χ1v) is 10.4. The van der Waals surface area contributed by atoms with Crippen LogP contribution in [0, 0.1) is 0 Å². The number of rotatable bonds is 10. The Hall–Kier alpha value is -3.09. The van der Waals surface area contributed by atoms with Gasteiger partial charge in [0.05, 0.1) is 6.61 Å². The number of carbonyl (C=O) groups excluding carboxylic acids is 2. The van der Waals surface area contributed by atoms with E-state index in [0.29, 0.717) is 5.56 Å². The van der Waals surface area contributed by atoms with Crippen molar-refractivity contribution in [2.45, 2.75) is 16.4 Å². The van der Waals surface area contributed by atoms with Gasteiger partial charge in [-0.3, -0.25) is 4.79 Å². The molecule has 0 aliphatic carbocycles. The van der Waals surface area contributed by atoms with Gasteiger partial charge in [0.2, 0.25) is 0 Å². The van der Waals surface area contributed by atoms with Gasteiger partial charge in [-0.05, 0) is 23.8 Å². The molecular weight excluding hydrogens is 398 g/mol. The zero-order chi connectivity index (χ0) is 21.0. The molecule has 0 spiro atoms. The van der Waals surface area contributed by atoms with Crippen LogP contribution in [0.2, 0.25) is 0 Å². The number of nitrogens with one attached hydrogen (secondary N) is 1. The molecule has 0 bridgehead atoms.